The maximum absolute atomic E-state index is 7.14. The fourth-order valence-electron chi connectivity index (χ4n) is 0.758. The smallest absolute Gasteiger partial charge is 0.224 e. The topological polar surface area (TPSA) is 72.0 Å². The second-order valence-electron chi connectivity index (χ2n) is 1.97. The molecule has 1 heterocycles. The molecule has 0 unspecified atom stereocenters. The summed E-state index contributed by atoms with van der Waals surface area (Å²) >= 11 is 0. The molecule has 0 bridgehead atoms. The number of pyridine rings is 1. The summed E-state index contributed by atoms with van der Waals surface area (Å²) in [6.45, 7) is 0. The van der Waals surface area contributed by atoms with E-state index in [1.54, 1.807) is 18.3 Å². The molecule has 0 saturated carbocycles. The summed E-state index contributed by atoms with van der Waals surface area (Å²) in [4.78, 5) is 3.88. The lowest BCUT2D eigenvalue weighted by molar-refractivity contribution is 0.397. The molecular formula is C7H10ClN3O. The summed E-state index contributed by atoms with van der Waals surface area (Å²) < 4.78 is 4.87. The zero-order valence-electron chi connectivity index (χ0n) is 6.57. The van der Waals surface area contributed by atoms with Crippen molar-refractivity contribution in [3.05, 3.63) is 23.9 Å². The van der Waals surface area contributed by atoms with E-state index in [1.165, 1.54) is 7.11 Å². The first-order chi connectivity index (χ1) is 5.25. The zero-order chi connectivity index (χ0) is 8.27. The molecule has 66 valence electrons. The van der Waals surface area contributed by atoms with Gasteiger partial charge in [0.15, 0.2) is 0 Å². The molecule has 1 aromatic rings. The number of ether oxygens (including phenoxy) is 1. The van der Waals surface area contributed by atoms with Gasteiger partial charge in [0.25, 0.3) is 0 Å². The summed E-state index contributed by atoms with van der Waals surface area (Å²) in [5.74, 6) is 0.356. The molecule has 0 aliphatic heterocycles. The van der Waals surface area contributed by atoms with E-state index in [-0.39, 0.29) is 18.2 Å². The van der Waals surface area contributed by atoms with Gasteiger partial charge in [-0.05, 0) is 12.1 Å². The van der Waals surface area contributed by atoms with Gasteiger partial charge >= 0.3 is 0 Å². The lowest BCUT2D eigenvalue weighted by Crippen LogP contribution is -2.12. The molecule has 0 aliphatic carbocycles. The Kier molecular flexibility index (Phi) is 4.07. The van der Waals surface area contributed by atoms with Crippen molar-refractivity contribution >= 4 is 18.2 Å². The number of nitrogens with zero attached hydrogens (tertiary/aromatic N) is 1. The van der Waals surface area contributed by atoms with Crippen LogP contribution in [0.5, 0.6) is 5.88 Å². The molecule has 0 aliphatic rings. The van der Waals surface area contributed by atoms with Crippen LogP contribution < -0.4 is 10.5 Å². The third kappa shape index (κ3) is 2.10. The Labute approximate surface area is 76.7 Å². The molecule has 0 fully saturated rings. The van der Waals surface area contributed by atoms with Crippen molar-refractivity contribution in [1.82, 2.24) is 4.98 Å². The number of halogens is 1. The summed E-state index contributed by atoms with van der Waals surface area (Å²) in [7, 11) is 1.49. The number of nitrogens with one attached hydrogen (secondary N) is 1. The number of nitrogens with two attached hydrogens (primary N) is 1. The van der Waals surface area contributed by atoms with Crippen LogP contribution in [0, 0.1) is 5.41 Å². The van der Waals surface area contributed by atoms with Crippen molar-refractivity contribution in [3.63, 3.8) is 0 Å². The SMILES string of the molecule is COc1ncccc1C(=N)N.Cl. The van der Waals surface area contributed by atoms with E-state index in [4.69, 9.17) is 15.9 Å². The fourth-order valence-corrected chi connectivity index (χ4v) is 0.758. The van der Waals surface area contributed by atoms with Gasteiger partial charge in [0.2, 0.25) is 5.88 Å². The van der Waals surface area contributed by atoms with Crippen molar-refractivity contribution in [2.24, 2.45) is 5.73 Å². The molecule has 4 nitrogen and oxygen atoms in total. The Bertz CT molecular complexity index is 277. The monoisotopic (exact) mass is 187 g/mol. The maximum atomic E-state index is 7.14. The Balaban J connectivity index is 0.00000121. The highest BCUT2D eigenvalue weighted by molar-refractivity contribution is 5.96. The minimum Gasteiger partial charge on any atom is -0.480 e. The van der Waals surface area contributed by atoms with Crippen molar-refractivity contribution in [2.45, 2.75) is 0 Å². The van der Waals surface area contributed by atoms with E-state index in [0.717, 1.165) is 0 Å². The zero-order valence-corrected chi connectivity index (χ0v) is 7.39. The predicted molar refractivity (Wildman–Crippen MR) is 49.1 cm³/mol. The van der Waals surface area contributed by atoms with Crippen LogP contribution >= 0.6 is 12.4 Å². The summed E-state index contributed by atoms with van der Waals surface area (Å²) in [5, 5.41) is 7.14. The first kappa shape index (κ1) is 10.7. The van der Waals surface area contributed by atoms with Crippen LogP contribution in [-0.4, -0.2) is 17.9 Å². The third-order valence-corrected chi connectivity index (χ3v) is 1.25. The van der Waals surface area contributed by atoms with Crippen molar-refractivity contribution < 1.29 is 4.74 Å². The van der Waals surface area contributed by atoms with Gasteiger partial charge < -0.3 is 10.5 Å². The van der Waals surface area contributed by atoms with Crippen LogP contribution in [-0.2, 0) is 0 Å². The van der Waals surface area contributed by atoms with E-state index >= 15 is 0 Å². The number of aromatic nitrogens is 1. The molecule has 0 atom stereocenters. The van der Waals surface area contributed by atoms with Gasteiger partial charge in [-0.25, -0.2) is 4.98 Å². The molecular weight excluding hydrogens is 178 g/mol. The number of rotatable bonds is 2. The Morgan fingerprint density at radius 2 is 2.33 bits per heavy atom. The van der Waals surface area contributed by atoms with Crippen LogP contribution in [0.1, 0.15) is 5.56 Å². The second-order valence-corrected chi connectivity index (χ2v) is 1.97. The molecule has 0 radical (unpaired) electrons. The van der Waals surface area contributed by atoms with E-state index in [1.807, 2.05) is 0 Å². The minimum absolute atomic E-state index is 0. The Hall–Kier alpha value is -1.29. The average Bonchev–Trinajstić information content (AvgIpc) is 2.04. The third-order valence-electron chi connectivity index (χ3n) is 1.25. The average molecular weight is 188 g/mol. The van der Waals surface area contributed by atoms with Crippen molar-refractivity contribution in [3.8, 4) is 5.88 Å². The van der Waals surface area contributed by atoms with Gasteiger partial charge in [-0.3, -0.25) is 5.41 Å². The van der Waals surface area contributed by atoms with E-state index in [9.17, 15) is 0 Å². The molecule has 0 aromatic carbocycles. The van der Waals surface area contributed by atoms with E-state index in [0.29, 0.717) is 11.4 Å². The highest BCUT2D eigenvalue weighted by Gasteiger charge is 2.03. The molecule has 0 spiro atoms. The minimum atomic E-state index is -0.0325. The number of hydrogen-bond acceptors (Lipinski definition) is 3. The van der Waals surface area contributed by atoms with Crippen LogP contribution in [0.2, 0.25) is 0 Å². The number of nitrogen functional groups attached to an aromatic ring is 1. The lowest BCUT2D eigenvalue weighted by atomic mass is 10.2. The highest BCUT2D eigenvalue weighted by atomic mass is 35.5. The fraction of sp³-hybridized carbons (Fsp3) is 0.143. The predicted octanol–water partition coefficient (Wildman–Crippen LogP) is 0.796. The molecule has 0 saturated heterocycles. The Morgan fingerprint density at radius 1 is 1.67 bits per heavy atom. The van der Waals surface area contributed by atoms with Crippen LogP contribution in [0.3, 0.4) is 0 Å². The highest BCUT2D eigenvalue weighted by Crippen LogP contribution is 2.11. The van der Waals surface area contributed by atoms with Crippen LogP contribution in [0.15, 0.2) is 18.3 Å². The molecule has 12 heavy (non-hydrogen) atoms. The van der Waals surface area contributed by atoms with Gasteiger partial charge in [0.05, 0.1) is 12.7 Å². The number of methoxy groups -OCH3 is 1. The lowest BCUT2D eigenvalue weighted by Gasteiger charge is -2.03. The van der Waals surface area contributed by atoms with Gasteiger partial charge in [0.1, 0.15) is 5.84 Å². The van der Waals surface area contributed by atoms with E-state index < -0.39 is 0 Å². The van der Waals surface area contributed by atoms with Gasteiger partial charge in [-0.2, -0.15) is 0 Å². The quantitative estimate of drug-likeness (QED) is 0.531. The Morgan fingerprint density at radius 3 is 2.75 bits per heavy atom. The molecule has 3 N–H and O–H groups in total. The number of amidine groups is 1. The second kappa shape index (κ2) is 4.56. The maximum Gasteiger partial charge on any atom is 0.224 e. The normalized spacial score (nSPS) is 8.42. The standard InChI is InChI=1S/C7H9N3O.ClH/c1-11-7-5(6(8)9)3-2-4-10-7;/h2-4H,1H3,(H3,8,9);1H. The summed E-state index contributed by atoms with van der Waals surface area (Å²) in [6.07, 6.45) is 1.59. The van der Waals surface area contributed by atoms with Crippen LogP contribution in [0.4, 0.5) is 0 Å². The van der Waals surface area contributed by atoms with Gasteiger partial charge in [-0.1, -0.05) is 0 Å². The summed E-state index contributed by atoms with van der Waals surface area (Å²) in [6, 6.07) is 3.40. The summed E-state index contributed by atoms with van der Waals surface area (Å²) in [5.41, 5.74) is 5.78. The molecule has 0 amide bonds. The number of hydrogen-bond donors (Lipinski definition) is 2. The molecule has 1 rings (SSSR count). The van der Waals surface area contributed by atoms with Crippen LogP contribution in [0.25, 0.3) is 0 Å². The first-order valence-electron chi connectivity index (χ1n) is 3.09. The first-order valence-corrected chi connectivity index (χ1v) is 3.09. The van der Waals surface area contributed by atoms with Gasteiger partial charge in [-0.15, -0.1) is 12.4 Å². The van der Waals surface area contributed by atoms with E-state index in [2.05, 4.69) is 4.98 Å². The largest absolute Gasteiger partial charge is 0.480 e. The van der Waals surface area contributed by atoms with Gasteiger partial charge in [0, 0.05) is 6.20 Å². The van der Waals surface area contributed by atoms with Crippen molar-refractivity contribution in [1.29, 1.82) is 5.41 Å². The molecule has 5 heteroatoms. The van der Waals surface area contributed by atoms with Crippen molar-refractivity contribution in [2.75, 3.05) is 7.11 Å². The molecule has 1 aromatic heterocycles.